The SMILES string of the molecule is CCCC(C)NC(=O)CSc1nc2cc(C(=O)OCC)ccc2n1CC. The molecule has 1 unspecified atom stereocenters. The smallest absolute Gasteiger partial charge is 0.338 e. The van der Waals surface area contributed by atoms with Crippen LogP contribution in [0.2, 0.25) is 0 Å². The van der Waals surface area contributed by atoms with E-state index in [0.717, 1.165) is 35.6 Å². The maximum Gasteiger partial charge on any atom is 0.338 e. The fraction of sp³-hybridized carbons (Fsp3) is 0.526. The third-order valence-electron chi connectivity index (χ3n) is 4.00. The van der Waals surface area contributed by atoms with Gasteiger partial charge in [0.2, 0.25) is 5.91 Å². The van der Waals surface area contributed by atoms with Crippen LogP contribution in [0.3, 0.4) is 0 Å². The van der Waals surface area contributed by atoms with Crippen LogP contribution in [0.1, 0.15) is 50.9 Å². The largest absolute Gasteiger partial charge is 0.462 e. The Labute approximate surface area is 158 Å². The summed E-state index contributed by atoms with van der Waals surface area (Å²) >= 11 is 1.41. The highest BCUT2D eigenvalue weighted by molar-refractivity contribution is 7.99. The molecule has 26 heavy (non-hydrogen) atoms. The van der Waals surface area contributed by atoms with Gasteiger partial charge in [-0.3, -0.25) is 4.79 Å². The van der Waals surface area contributed by atoms with Crippen molar-refractivity contribution in [3.63, 3.8) is 0 Å². The number of aryl methyl sites for hydroxylation is 1. The fourth-order valence-electron chi connectivity index (χ4n) is 2.82. The Morgan fingerprint density at radius 1 is 1.31 bits per heavy atom. The number of nitrogens with one attached hydrogen (secondary N) is 1. The van der Waals surface area contributed by atoms with Gasteiger partial charge < -0.3 is 14.6 Å². The van der Waals surface area contributed by atoms with Gasteiger partial charge >= 0.3 is 5.97 Å². The molecule has 0 saturated heterocycles. The highest BCUT2D eigenvalue weighted by Gasteiger charge is 2.15. The molecule has 1 atom stereocenters. The standard InChI is InChI=1S/C19H27N3O3S/c1-5-8-13(4)20-17(23)12-26-19-21-15-11-14(18(24)25-7-3)9-10-16(15)22(19)6-2/h9-11,13H,5-8,12H2,1-4H3,(H,20,23). The minimum absolute atomic E-state index is 0.0119. The Hall–Kier alpha value is -2.02. The average Bonchev–Trinajstić information content (AvgIpc) is 2.96. The number of hydrogen-bond donors (Lipinski definition) is 1. The van der Waals surface area contributed by atoms with Gasteiger partial charge in [0, 0.05) is 12.6 Å². The lowest BCUT2D eigenvalue weighted by Crippen LogP contribution is -2.33. The summed E-state index contributed by atoms with van der Waals surface area (Å²) in [6, 6.07) is 5.56. The van der Waals surface area contributed by atoms with E-state index >= 15 is 0 Å². The van der Waals surface area contributed by atoms with Crippen molar-refractivity contribution in [3.05, 3.63) is 23.8 Å². The molecule has 2 rings (SSSR count). The van der Waals surface area contributed by atoms with Gasteiger partial charge in [-0.1, -0.05) is 25.1 Å². The van der Waals surface area contributed by atoms with Crippen LogP contribution in [0.4, 0.5) is 0 Å². The molecule has 0 saturated carbocycles. The number of nitrogens with zero attached hydrogens (tertiary/aromatic N) is 2. The number of aromatic nitrogens is 2. The van der Waals surface area contributed by atoms with E-state index in [2.05, 4.69) is 21.8 Å². The highest BCUT2D eigenvalue weighted by Crippen LogP contribution is 2.25. The zero-order valence-corrected chi connectivity index (χ0v) is 16.7. The molecule has 0 fully saturated rings. The number of fused-ring (bicyclic) bond motifs is 1. The molecule has 142 valence electrons. The molecule has 1 aromatic heterocycles. The van der Waals surface area contributed by atoms with E-state index in [9.17, 15) is 9.59 Å². The van der Waals surface area contributed by atoms with Crippen molar-refractivity contribution in [1.29, 1.82) is 0 Å². The third-order valence-corrected chi connectivity index (χ3v) is 4.98. The van der Waals surface area contributed by atoms with E-state index in [1.807, 2.05) is 19.9 Å². The van der Waals surface area contributed by atoms with Gasteiger partial charge in [-0.2, -0.15) is 0 Å². The maximum atomic E-state index is 12.1. The molecule has 0 bridgehead atoms. The van der Waals surface area contributed by atoms with Crippen LogP contribution >= 0.6 is 11.8 Å². The predicted octanol–water partition coefficient (Wildman–Crippen LogP) is 3.63. The molecule has 0 aliphatic heterocycles. The molecule has 1 heterocycles. The number of thioether (sulfide) groups is 1. The second kappa shape index (κ2) is 9.62. The third kappa shape index (κ3) is 5.00. The Kier molecular flexibility index (Phi) is 7.50. The molecule has 1 amide bonds. The summed E-state index contributed by atoms with van der Waals surface area (Å²) < 4.78 is 7.10. The minimum atomic E-state index is -0.348. The summed E-state index contributed by atoms with van der Waals surface area (Å²) in [5, 5.41) is 3.78. The molecule has 6 nitrogen and oxygen atoms in total. The van der Waals surface area contributed by atoms with Crippen LogP contribution in [-0.2, 0) is 16.1 Å². The zero-order chi connectivity index (χ0) is 19.1. The van der Waals surface area contributed by atoms with Crippen LogP contribution in [-0.4, -0.2) is 39.8 Å². The van der Waals surface area contributed by atoms with Gasteiger partial charge in [0.1, 0.15) is 0 Å². The molecule has 0 spiro atoms. The summed E-state index contributed by atoms with van der Waals surface area (Å²) in [7, 11) is 0. The summed E-state index contributed by atoms with van der Waals surface area (Å²) in [5.41, 5.74) is 2.17. The van der Waals surface area contributed by atoms with E-state index in [0.29, 0.717) is 17.9 Å². The highest BCUT2D eigenvalue weighted by atomic mass is 32.2. The normalized spacial score (nSPS) is 12.2. The number of ether oxygens (including phenoxy) is 1. The number of rotatable bonds is 9. The Bertz CT molecular complexity index is 773. The molecular formula is C19H27N3O3S. The zero-order valence-electron chi connectivity index (χ0n) is 15.9. The summed E-state index contributed by atoms with van der Waals surface area (Å²) in [6.07, 6.45) is 2.02. The van der Waals surface area contributed by atoms with Gasteiger partial charge in [0.15, 0.2) is 5.16 Å². The topological polar surface area (TPSA) is 73.2 Å². The average molecular weight is 378 g/mol. The van der Waals surface area contributed by atoms with Crippen molar-refractivity contribution in [2.45, 2.75) is 58.3 Å². The van der Waals surface area contributed by atoms with Gasteiger partial charge in [0.05, 0.1) is 29.0 Å². The fourth-order valence-corrected chi connectivity index (χ4v) is 3.71. The molecule has 2 aromatic rings. The lowest BCUT2D eigenvalue weighted by Gasteiger charge is -2.12. The first-order chi connectivity index (χ1) is 12.5. The molecule has 7 heteroatoms. The van der Waals surface area contributed by atoms with Crippen LogP contribution in [0, 0.1) is 0 Å². The second-order valence-corrected chi connectivity index (χ2v) is 7.05. The van der Waals surface area contributed by atoms with Gasteiger partial charge in [-0.25, -0.2) is 9.78 Å². The first-order valence-electron chi connectivity index (χ1n) is 9.09. The monoisotopic (exact) mass is 377 g/mol. The number of carbonyl (C=O) groups is 2. The quantitative estimate of drug-likeness (QED) is 0.534. The lowest BCUT2D eigenvalue weighted by molar-refractivity contribution is -0.119. The molecule has 1 aromatic carbocycles. The Morgan fingerprint density at radius 3 is 2.73 bits per heavy atom. The number of esters is 1. The van der Waals surface area contributed by atoms with Crippen molar-refractivity contribution in [2.24, 2.45) is 0 Å². The van der Waals surface area contributed by atoms with E-state index < -0.39 is 0 Å². The first-order valence-corrected chi connectivity index (χ1v) is 10.1. The number of benzene rings is 1. The first kappa shape index (κ1) is 20.3. The van der Waals surface area contributed by atoms with Crippen molar-refractivity contribution in [2.75, 3.05) is 12.4 Å². The van der Waals surface area contributed by atoms with E-state index in [1.54, 1.807) is 19.1 Å². The van der Waals surface area contributed by atoms with Gasteiger partial charge in [-0.05, 0) is 45.4 Å². The van der Waals surface area contributed by atoms with E-state index in [4.69, 9.17) is 4.74 Å². The molecule has 0 radical (unpaired) electrons. The number of amides is 1. The Morgan fingerprint density at radius 2 is 2.08 bits per heavy atom. The van der Waals surface area contributed by atoms with Crippen LogP contribution < -0.4 is 5.32 Å². The lowest BCUT2D eigenvalue weighted by atomic mass is 10.2. The summed E-state index contributed by atoms with van der Waals surface area (Å²) in [6.45, 7) is 9.02. The number of imidazole rings is 1. The van der Waals surface area contributed by atoms with E-state index in [-0.39, 0.29) is 17.9 Å². The maximum absolute atomic E-state index is 12.1. The summed E-state index contributed by atoms with van der Waals surface area (Å²) in [4.78, 5) is 28.6. The van der Waals surface area contributed by atoms with Crippen molar-refractivity contribution in [3.8, 4) is 0 Å². The van der Waals surface area contributed by atoms with Crippen LogP contribution in [0.5, 0.6) is 0 Å². The van der Waals surface area contributed by atoms with Gasteiger partial charge in [-0.15, -0.1) is 0 Å². The van der Waals surface area contributed by atoms with Crippen molar-refractivity contribution in [1.82, 2.24) is 14.9 Å². The molecular weight excluding hydrogens is 350 g/mol. The predicted molar refractivity (Wildman–Crippen MR) is 105 cm³/mol. The summed E-state index contributed by atoms with van der Waals surface area (Å²) in [5.74, 6) is -0.0147. The minimum Gasteiger partial charge on any atom is -0.462 e. The Balaban J connectivity index is 2.14. The van der Waals surface area contributed by atoms with Crippen molar-refractivity contribution < 1.29 is 14.3 Å². The van der Waals surface area contributed by atoms with E-state index in [1.165, 1.54) is 11.8 Å². The van der Waals surface area contributed by atoms with Crippen LogP contribution in [0.25, 0.3) is 11.0 Å². The second-order valence-electron chi connectivity index (χ2n) is 6.11. The van der Waals surface area contributed by atoms with Gasteiger partial charge in [0.25, 0.3) is 0 Å². The number of hydrogen-bond acceptors (Lipinski definition) is 5. The molecule has 0 aliphatic rings. The molecule has 0 aliphatic carbocycles. The van der Waals surface area contributed by atoms with Crippen molar-refractivity contribution >= 4 is 34.7 Å². The van der Waals surface area contributed by atoms with Crippen LogP contribution in [0.15, 0.2) is 23.4 Å². The number of carbonyl (C=O) groups excluding carboxylic acids is 2. The molecule has 1 N–H and O–H groups in total.